The molecular formula is C13H22N4O3. The van der Waals surface area contributed by atoms with Crippen LogP contribution in [0.25, 0.3) is 0 Å². The minimum absolute atomic E-state index is 0.0986. The number of nitrogens with zero attached hydrogens (tertiary/aromatic N) is 2. The molecule has 1 heterocycles. The molecule has 0 bridgehead atoms. The number of hydrogen-bond acceptors (Lipinski definition) is 5. The summed E-state index contributed by atoms with van der Waals surface area (Å²) in [5.74, 6) is -0.817. The van der Waals surface area contributed by atoms with Gasteiger partial charge in [0.1, 0.15) is 6.54 Å². The fourth-order valence-electron chi connectivity index (χ4n) is 1.88. The standard InChI is InChI=1S/C13H22N4O3/c1-4-6-9-11(14)12(16-15-9)13(19)17(7-5-2)8-10(18)20-3/h4-8,14H2,1-3H3,(H,15,16). The number of aryl methyl sites for hydroxylation is 1. The van der Waals surface area contributed by atoms with Crippen LogP contribution in [-0.4, -0.2) is 47.2 Å². The second-order valence-corrected chi connectivity index (χ2v) is 4.52. The first-order chi connectivity index (χ1) is 9.54. The van der Waals surface area contributed by atoms with Crippen molar-refractivity contribution in [1.82, 2.24) is 15.1 Å². The fraction of sp³-hybridized carbons (Fsp3) is 0.615. The molecule has 1 amide bonds. The van der Waals surface area contributed by atoms with Crippen molar-refractivity contribution >= 4 is 17.6 Å². The van der Waals surface area contributed by atoms with Crippen LogP contribution in [0.15, 0.2) is 0 Å². The molecule has 0 aromatic carbocycles. The molecule has 0 saturated heterocycles. The molecule has 112 valence electrons. The van der Waals surface area contributed by atoms with Gasteiger partial charge >= 0.3 is 5.97 Å². The number of nitrogens with two attached hydrogens (primary N) is 1. The van der Waals surface area contributed by atoms with E-state index in [2.05, 4.69) is 14.9 Å². The van der Waals surface area contributed by atoms with E-state index in [1.807, 2.05) is 13.8 Å². The lowest BCUT2D eigenvalue weighted by Gasteiger charge is -2.19. The Hall–Kier alpha value is -2.05. The van der Waals surface area contributed by atoms with E-state index in [0.29, 0.717) is 12.2 Å². The number of ether oxygens (including phenoxy) is 1. The Bertz CT molecular complexity index is 470. The van der Waals surface area contributed by atoms with Gasteiger partial charge in [-0.2, -0.15) is 5.10 Å². The number of anilines is 1. The number of H-pyrrole nitrogens is 1. The van der Waals surface area contributed by atoms with Gasteiger partial charge in [0, 0.05) is 6.54 Å². The molecule has 0 atom stereocenters. The highest BCUT2D eigenvalue weighted by atomic mass is 16.5. The molecule has 0 saturated carbocycles. The number of carbonyl (C=O) groups excluding carboxylic acids is 2. The van der Waals surface area contributed by atoms with Gasteiger partial charge in [-0.05, 0) is 12.8 Å². The molecule has 7 nitrogen and oxygen atoms in total. The maximum Gasteiger partial charge on any atom is 0.325 e. The number of aromatic amines is 1. The Labute approximate surface area is 118 Å². The number of esters is 1. The van der Waals surface area contributed by atoms with Crippen LogP contribution in [0.3, 0.4) is 0 Å². The minimum atomic E-state index is -0.463. The molecule has 0 radical (unpaired) electrons. The third-order valence-electron chi connectivity index (χ3n) is 2.91. The lowest BCUT2D eigenvalue weighted by Crippen LogP contribution is -2.37. The Morgan fingerprint density at radius 1 is 1.35 bits per heavy atom. The lowest BCUT2D eigenvalue weighted by atomic mass is 10.2. The zero-order valence-corrected chi connectivity index (χ0v) is 12.2. The van der Waals surface area contributed by atoms with Gasteiger partial charge < -0.3 is 15.4 Å². The highest BCUT2D eigenvalue weighted by Gasteiger charge is 2.24. The summed E-state index contributed by atoms with van der Waals surface area (Å²) in [6.07, 6.45) is 2.37. The molecule has 3 N–H and O–H groups in total. The summed E-state index contributed by atoms with van der Waals surface area (Å²) in [6.45, 7) is 4.29. The lowest BCUT2D eigenvalue weighted by molar-refractivity contribution is -0.141. The molecule has 7 heteroatoms. The third kappa shape index (κ3) is 3.72. The average Bonchev–Trinajstić information content (AvgIpc) is 2.79. The van der Waals surface area contributed by atoms with E-state index in [9.17, 15) is 9.59 Å². The predicted molar refractivity (Wildman–Crippen MR) is 75.2 cm³/mol. The van der Waals surface area contributed by atoms with Crippen molar-refractivity contribution in [1.29, 1.82) is 0 Å². The molecular weight excluding hydrogens is 260 g/mol. The van der Waals surface area contributed by atoms with Crippen LogP contribution in [0.5, 0.6) is 0 Å². The maximum atomic E-state index is 12.4. The number of hydrogen-bond donors (Lipinski definition) is 2. The van der Waals surface area contributed by atoms with Crippen molar-refractivity contribution < 1.29 is 14.3 Å². The number of amides is 1. The first kappa shape index (κ1) is 16.0. The second kappa shape index (κ2) is 7.52. The van der Waals surface area contributed by atoms with Crippen LogP contribution in [0.1, 0.15) is 42.9 Å². The highest BCUT2D eigenvalue weighted by Crippen LogP contribution is 2.17. The van der Waals surface area contributed by atoms with Crippen LogP contribution in [0.2, 0.25) is 0 Å². The van der Waals surface area contributed by atoms with Crippen LogP contribution < -0.4 is 5.73 Å². The summed E-state index contributed by atoms with van der Waals surface area (Å²) in [4.78, 5) is 25.1. The van der Waals surface area contributed by atoms with E-state index >= 15 is 0 Å². The van der Waals surface area contributed by atoms with Crippen molar-refractivity contribution in [2.24, 2.45) is 0 Å². The van der Waals surface area contributed by atoms with Gasteiger partial charge in [-0.1, -0.05) is 20.3 Å². The number of nitrogens with one attached hydrogen (secondary N) is 1. The van der Waals surface area contributed by atoms with Crippen LogP contribution in [0.4, 0.5) is 5.69 Å². The second-order valence-electron chi connectivity index (χ2n) is 4.52. The normalized spacial score (nSPS) is 10.3. The van der Waals surface area contributed by atoms with Crippen molar-refractivity contribution in [2.45, 2.75) is 33.1 Å². The van der Waals surface area contributed by atoms with Crippen LogP contribution >= 0.6 is 0 Å². The Morgan fingerprint density at radius 2 is 2.05 bits per heavy atom. The molecule has 0 fully saturated rings. The molecule has 1 aromatic heterocycles. The van der Waals surface area contributed by atoms with Crippen LogP contribution in [-0.2, 0) is 16.0 Å². The maximum absolute atomic E-state index is 12.4. The van der Waals surface area contributed by atoms with Crippen molar-refractivity contribution in [3.8, 4) is 0 Å². The number of rotatable bonds is 7. The predicted octanol–water partition coefficient (Wildman–Crippen LogP) is 0.970. The smallest absolute Gasteiger partial charge is 0.325 e. The minimum Gasteiger partial charge on any atom is -0.468 e. The van der Waals surface area contributed by atoms with E-state index in [1.54, 1.807) is 0 Å². The number of nitrogen functional groups attached to an aromatic ring is 1. The van der Waals surface area contributed by atoms with Gasteiger partial charge in [0.2, 0.25) is 0 Å². The van der Waals surface area contributed by atoms with E-state index in [1.165, 1.54) is 12.0 Å². The fourth-order valence-corrected chi connectivity index (χ4v) is 1.88. The average molecular weight is 282 g/mol. The molecule has 0 spiro atoms. The summed E-state index contributed by atoms with van der Waals surface area (Å²) in [5.41, 5.74) is 7.22. The summed E-state index contributed by atoms with van der Waals surface area (Å²) < 4.78 is 4.59. The van der Waals surface area contributed by atoms with E-state index < -0.39 is 5.97 Å². The summed E-state index contributed by atoms with van der Waals surface area (Å²) in [7, 11) is 1.29. The van der Waals surface area contributed by atoms with Gasteiger partial charge in [0.05, 0.1) is 18.5 Å². The number of methoxy groups -OCH3 is 1. The Kier molecular flexibility index (Phi) is 6.02. The first-order valence-corrected chi connectivity index (χ1v) is 6.73. The molecule has 0 aliphatic carbocycles. The van der Waals surface area contributed by atoms with Gasteiger partial charge in [-0.15, -0.1) is 0 Å². The molecule has 0 unspecified atom stereocenters. The van der Waals surface area contributed by atoms with E-state index in [-0.39, 0.29) is 18.1 Å². The monoisotopic (exact) mass is 282 g/mol. The quantitative estimate of drug-likeness (QED) is 0.726. The first-order valence-electron chi connectivity index (χ1n) is 6.73. The highest BCUT2D eigenvalue weighted by molar-refractivity contribution is 5.99. The van der Waals surface area contributed by atoms with E-state index in [4.69, 9.17) is 5.73 Å². The van der Waals surface area contributed by atoms with Gasteiger partial charge in [-0.3, -0.25) is 14.7 Å². The molecule has 20 heavy (non-hydrogen) atoms. The molecule has 0 aliphatic heterocycles. The van der Waals surface area contributed by atoms with Gasteiger partial charge in [0.25, 0.3) is 5.91 Å². The van der Waals surface area contributed by atoms with Crippen molar-refractivity contribution in [3.63, 3.8) is 0 Å². The topological polar surface area (TPSA) is 101 Å². The number of aromatic nitrogens is 2. The summed E-state index contributed by atoms with van der Waals surface area (Å²) in [5, 5.41) is 6.76. The zero-order valence-electron chi connectivity index (χ0n) is 12.2. The van der Waals surface area contributed by atoms with Gasteiger partial charge in [0.15, 0.2) is 5.69 Å². The SMILES string of the molecule is CCCc1[nH]nc(C(=O)N(CCC)CC(=O)OC)c1N. The third-order valence-corrected chi connectivity index (χ3v) is 2.91. The number of carbonyl (C=O) groups is 2. The molecule has 1 aromatic rings. The van der Waals surface area contributed by atoms with Crippen molar-refractivity contribution in [2.75, 3.05) is 25.9 Å². The largest absolute Gasteiger partial charge is 0.468 e. The Balaban J connectivity index is 2.91. The molecule has 1 rings (SSSR count). The van der Waals surface area contributed by atoms with Crippen LogP contribution in [0, 0.1) is 0 Å². The van der Waals surface area contributed by atoms with Gasteiger partial charge in [-0.25, -0.2) is 0 Å². The van der Waals surface area contributed by atoms with E-state index in [0.717, 1.165) is 25.0 Å². The summed E-state index contributed by atoms with van der Waals surface area (Å²) >= 11 is 0. The molecule has 0 aliphatic rings. The zero-order chi connectivity index (χ0) is 15.1. The Morgan fingerprint density at radius 3 is 2.60 bits per heavy atom. The summed E-state index contributed by atoms with van der Waals surface area (Å²) in [6, 6.07) is 0. The van der Waals surface area contributed by atoms with Crippen molar-refractivity contribution in [3.05, 3.63) is 11.4 Å².